The van der Waals surface area contributed by atoms with Gasteiger partial charge in [-0.05, 0) is 13.0 Å². The van der Waals surface area contributed by atoms with Gasteiger partial charge in [0.05, 0.1) is 25.2 Å². The van der Waals surface area contributed by atoms with Crippen molar-refractivity contribution < 1.29 is 19.2 Å². The Morgan fingerprint density at radius 2 is 1.88 bits per heavy atom. The van der Waals surface area contributed by atoms with Crippen LogP contribution in [-0.4, -0.2) is 69.2 Å². The molecule has 2 rings (SSSR count). The molecule has 2 N–H and O–H groups in total. The van der Waals surface area contributed by atoms with Gasteiger partial charge in [-0.1, -0.05) is 0 Å². The average Bonchev–Trinajstić information content (AvgIpc) is 2.64. The summed E-state index contributed by atoms with van der Waals surface area (Å²) in [6, 6.07) is 2.54. The first-order valence-electron chi connectivity index (χ1n) is 8.18. The van der Waals surface area contributed by atoms with Crippen LogP contribution in [0.5, 0.6) is 11.5 Å². The zero-order chi connectivity index (χ0) is 18.2. The third-order valence-electron chi connectivity index (χ3n) is 4.09. The van der Waals surface area contributed by atoms with Crippen LogP contribution in [0.15, 0.2) is 12.1 Å². The number of benzene rings is 1. The minimum atomic E-state index is -0.600. The second-order valence-corrected chi connectivity index (χ2v) is 5.68. The Hall–Kier alpha value is -2.10. The molecule has 0 aromatic heterocycles. The Morgan fingerprint density at radius 1 is 1.27 bits per heavy atom. The van der Waals surface area contributed by atoms with Gasteiger partial charge in [-0.3, -0.25) is 14.9 Å². The van der Waals surface area contributed by atoms with Crippen molar-refractivity contribution in [2.45, 2.75) is 6.42 Å². The Balaban J connectivity index is 0.00000338. The lowest BCUT2D eigenvalue weighted by atomic mass is 10.1. The molecule has 1 aliphatic heterocycles. The Bertz CT molecular complexity index is 623. The standard InChI is InChI=1S/C16H24N4O5.ClH/c1-24-14-10-12(13(20(22)23)11-15(14)25-2)16(21)18-4-3-7-19-8-5-17-6-9-19;/h10-11,17H,3-9H2,1-2H3,(H,18,21);1H. The second kappa shape index (κ2) is 10.8. The number of hydrogen-bond acceptors (Lipinski definition) is 7. The van der Waals surface area contributed by atoms with Crippen molar-refractivity contribution in [3.8, 4) is 11.5 Å². The summed E-state index contributed by atoms with van der Waals surface area (Å²) in [5.41, 5.74) is -0.345. The zero-order valence-corrected chi connectivity index (χ0v) is 15.8. The van der Waals surface area contributed by atoms with E-state index >= 15 is 0 Å². The minimum absolute atomic E-state index is 0. The molecular weight excluding hydrogens is 364 g/mol. The lowest BCUT2D eigenvalue weighted by molar-refractivity contribution is -0.385. The molecule has 0 unspecified atom stereocenters. The Morgan fingerprint density at radius 3 is 2.46 bits per heavy atom. The van der Waals surface area contributed by atoms with E-state index in [1.165, 1.54) is 26.4 Å². The van der Waals surface area contributed by atoms with Crippen LogP contribution < -0.4 is 20.1 Å². The SMILES string of the molecule is COc1cc(C(=O)NCCCN2CCNCC2)c([N+](=O)[O-])cc1OC.Cl. The molecule has 0 saturated carbocycles. The highest BCUT2D eigenvalue weighted by Crippen LogP contribution is 2.34. The van der Waals surface area contributed by atoms with E-state index in [-0.39, 0.29) is 35.2 Å². The van der Waals surface area contributed by atoms with Crippen molar-refractivity contribution in [1.29, 1.82) is 0 Å². The molecule has 1 saturated heterocycles. The fourth-order valence-electron chi connectivity index (χ4n) is 2.74. The molecule has 26 heavy (non-hydrogen) atoms. The highest BCUT2D eigenvalue weighted by molar-refractivity contribution is 5.99. The van der Waals surface area contributed by atoms with Gasteiger partial charge in [-0.25, -0.2) is 0 Å². The number of amides is 1. The maximum atomic E-state index is 12.4. The monoisotopic (exact) mass is 388 g/mol. The number of nitro benzene ring substituents is 1. The van der Waals surface area contributed by atoms with E-state index in [0.29, 0.717) is 6.54 Å². The van der Waals surface area contributed by atoms with Crippen LogP contribution in [0, 0.1) is 10.1 Å². The highest BCUT2D eigenvalue weighted by Gasteiger charge is 2.24. The van der Waals surface area contributed by atoms with Gasteiger partial charge >= 0.3 is 0 Å². The first kappa shape index (κ1) is 21.9. The van der Waals surface area contributed by atoms with Gasteiger partial charge in [0.1, 0.15) is 5.56 Å². The molecule has 1 fully saturated rings. The van der Waals surface area contributed by atoms with Crippen LogP contribution in [0.2, 0.25) is 0 Å². The molecule has 1 aromatic carbocycles. The number of piperazine rings is 1. The Labute approximate surface area is 158 Å². The fraction of sp³-hybridized carbons (Fsp3) is 0.562. The number of hydrogen-bond donors (Lipinski definition) is 2. The average molecular weight is 389 g/mol. The third kappa shape index (κ3) is 5.72. The van der Waals surface area contributed by atoms with Gasteiger partial charge in [0.2, 0.25) is 0 Å². The summed E-state index contributed by atoms with van der Waals surface area (Å²) in [5.74, 6) is -0.00325. The van der Waals surface area contributed by atoms with Crippen LogP contribution in [0.3, 0.4) is 0 Å². The molecule has 9 nitrogen and oxygen atoms in total. The van der Waals surface area contributed by atoms with Crippen molar-refractivity contribution >= 4 is 24.0 Å². The number of nitrogens with zero attached hydrogens (tertiary/aromatic N) is 2. The maximum Gasteiger partial charge on any atom is 0.286 e. The predicted octanol–water partition coefficient (Wildman–Crippen LogP) is 1.06. The van der Waals surface area contributed by atoms with Gasteiger partial charge in [0, 0.05) is 38.8 Å². The number of rotatable bonds is 8. The summed E-state index contributed by atoms with van der Waals surface area (Å²) in [7, 11) is 2.80. The van der Waals surface area contributed by atoms with E-state index in [2.05, 4.69) is 15.5 Å². The van der Waals surface area contributed by atoms with E-state index in [1.54, 1.807) is 0 Å². The zero-order valence-electron chi connectivity index (χ0n) is 14.9. The molecule has 0 bridgehead atoms. The summed E-state index contributed by atoms with van der Waals surface area (Å²) in [4.78, 5) is 25.3. The molecule has 1 aliphatic rings. The normalized spacial score (nSPS) is 14.2. The van der Waals surface area contributed by atoms with Crippen molar-refractivity contribution in [2.24, 2.45) is 0 Å². The van der Waals surface area contributed by atoms with Gasteiger partial charge in [0.15, 0.2) is 11.5 Å². The van der Waals surface area contributed by atoms with Crippen LogP contribution >= 0.6 is 12.4 Å². The molecule has 10 heteroatoms. The maximum absolute atomic E-state index is 12.4. The van der Waals surface area contributed by atoms with Gasteiger partial charge in [-0.2, -0.15) is 0 Å². The molecular formula is C16H25ClN4O5. The van der Waals surface area contributed by atoms with E-state index < -0.39 is 10.8 Å². The fourth-order valence-corrected chi connectivity index (χ4v) is 2.74. The van der Waals surface area contributed by atoms with Crippen LogP contribution in [-0.2, 0) is 0 Å². The molecule has 1 heterocycles. The summed E-state index contributed by atoms with van der Waals surface area (Å²) < 4.78 is 10.2. The van der Waals surface area contributed by atoms with Crippen molar-refractivity contribution in [3.63, 3.8) is 0 Å². The van der Waals surface area contributed by atoms with E-state index in [4.69, 9.17) is 9.47 Å². The lowest BCUT2D eigenvalue weighted by Gasteiger charge is -2.27. The van der Waals surface area contributed by atoms with Crippen molar-refractivity contribution in [3.05, 3.63) is 27.8 Å². The minimum Gasteiger partial charge on any atom is -0.493 e. The highest BCUT2D eigenvalue weighted by atomic mass is 35.5. The van der Waals surface area contributed by atoms with Crippen molar-refractivity contribution in [2.75, 3.05) is 53.5 Å². The van der Waals surface area contributed by atoms with Crippen LogP contribution in [0.1, 0.15) is 16.8 Å². The number of methoxy groups -OCH3 is 2. The van der Waals surface area contributed by atoms with Crippen molar-refractivity contribution in [1.82, 2.24) is 15.5 Å². The number of nitrogens with one attached hydrogen (secondary N) is 2. The van der Waals surface area contributed by atoms with Crippen LogP contribution in [0.25, 0.3) is 0 Å². The smallest absolute Gasteiger partial charge is 0.286 e. The summed E-state index contributed by atoms with van der Waals surface area (Å²) >= 11 is 0. The first-order chi connectivity index (χ1) is 12.1. The summed E-state index contributed by atoms with van der Waals surface area (Å²) in [5, 5.41) is 17.3. The largest absolute Gasteiger partial charge is 0.493 e. The topological polar surface area (TPSA) is 106 Å². The predicted molar refractivity (Wildman–Crippen MR) is 99.7 cm³/mol. The number of ether oxygens (including phenoxy) is 2. The second-order valence-electron chi connectivity index (χ2n) is 5.68. The van der Waals surface area contributed by atoms with Gasteiger partial charge in [-0.15, -0.1) is 12.4 Å². The number of carbonyl (C=O) groups excluding carboxylic acids is 1. The molecule has 1 amide bonds. The first-order valence-corrected chi connectivity index (χ1v) is 8.18. The number of halogens is 1. The van der Waals surface area contributed by atoms with Gasteiger partial charge < -0.3 is 25.0 Å². The molecule has 0 spiro atoms. The summed E-state index contributed by atoms with van der Waals surface area (Å²) in [6.45, 7) is 5.28. The number of nitro groups is 1. The lowest BCUT2D eigenvalue weighted by Crippen LogP contribution is -2.44. The van der Waals surface area contributed by atoms with E-state index in [0.717, 1.165) is 39.1 Å². The van der Waals surface area contributed by atoms with E-state index in [9.17, 15) is 14.9 Å². The van der Waals surface area contributed by atoms with Gasteiger partial charge in [0.25, 0.3) is 11.6 Å². The molecule has 0 atom stereocenters. The molecule has 0 aliphatic carbocycles. The van der Waals surface area contributed by atoms with Crippen LogP contribution in [0.4, 0.5) is 5.69 Å². The summed E-state index contributed by atoms with van der Waals surface area (Å²) in [6.07, 6.45) is 0.785. The molecule has 146 valence electrons. The van der Waals surface area contributed by atoms with E-state index in [1.807, 2.05) is 0 Å². The Kier molecular flexibility index (Phi) is 9.11. The quantitative estimate of drug-likeness (QED) is 0.389. The third-order valence-corrected chi connectivity index (χ3v) is 4.09. The molecule has 0 radical (unpaired) electrons. The molecule has 1 aromatic rings. The number of carbonyl (C=O) groups is 1.